The van der Waals surface area contributed by atoms with Crippen LogP contribution < -0.4 is 5.32 Å². The molecule has 3 nitrogen and oxygen atoms in total. The summed E-state index contributed by atoms with van der Waals surface area (Å²) in [5.41, 5.74) is 0.999. The number of halogens is 1. The summed E-state index contributed by atoms with van der Waals surface area (Å²) in [6.45, 7) is 3.88. The van der Waals surface area contributed by atoms with Crippen molar-refractivity contribution >= 4 is 23.6 Å². The van der Waals surface area contributed by atoms with E-state index in [-0.39, 0.29) is 5.91 Å². The molecule has 1 aromatic carbocycles. The molecule has 0 radical (unpaired) electrons. The molecule has 0 spiro atoms. The number of carbonyl (C=O) groups is 1. The number of fused-ring (bicyclic) bond motifs is 1. The Balaban J connectivity index is 1.61. The molecule has 0 aromatic heterocycles. The molecule has 2 atom stereocenters. The van der Waals surface area contributed by atoms with Crippen molar-refractivity contribution in [2.24, 2.45) is 11.8 Å². The van der Waals surface area contributed by atoms with Crippen molar-refractivity contribution < 1.29 is 4.79 Å². The van der Waals surface area contributed by atoms with Crippen LogP contribution in [0.4, 0.5) is 0 Å². The minimum absolute atomic E-state index is 0.115. The molecule has 4 heteroatoms. The van der Waals surface area contributed by atoms with E-state index in [1.54, 1.807) is 6.08 Å². The summed E-state index contributed by atoms with van der Waals surface area (Å²) in [7, 11) is 0. The molecule has 2 aliphatic heterocycles. The molecule has 0 saturated carbocycles. The lowest BCUT2D eigenvalue weighted by molar-refractivity contribution is -0.125. The van der Waals surface area contributed by atoms with Crippen molar-refractivity contribution in [3.63, 3.8) is 0 Å². The van der Waals surface area contributed by atoms with E-state index in [9.17, 15) is 4.79 Å². The Labute approximate surface area is 118 Å². The van der Waals surface area contributed by atoms with Crippen LogP contribution in [0.1, 0.15) is 5.56 Å². The Morgan fingerprint density at radius 3 is 2.47 bits per heavy atom. The van der Waals surface area contributed by atoms with Crippen LogP contribution in [0.5, 0.6) is 0 Å². The van der Waals surface area contributed by atoms with Crippen LogP contribution in [-0.4, -0.2) is 37.0 Å². The number of rotatable bonds is 2. The summed E-state index contributed by atoms with van der Waals surface area (Å²) in [5, 5.41) is 4.09. The molecule has 2 heterocycles. The average Bonchev–Trinajstić information content (AvgIpc) is 2.98. The van der Waals surface area contributed by atoms with Gasteiger partial charge in [-0.15, -0.1) is 0 Å². The lowest BCUT2D eigenvalue weighted by Gasteiger charge is -2.14. The maximum absolute atomic E-state index is 12.1. The first-order valence-corrected chi connectivity index (χ1v) is 7.03. The third-order valence-corrected chi connectivity index (χ3v) is 4.24. The molecular formula is C15H17ClN2O. The van der Waals surface area contributed by atoms with Crippen LogP contribution in [0.2, 0.25) is 5.02 Å². The molecule has 2 aliphatic rings. The third-order valence-electron chi connectivity index (χ3n) is 3.99. The SMILES string of the molecule is O=C(C=Cc1ccc(Cl)cc1)N1CC2CNCC2C1. The number of benzene rings is 1. The molecule has 1 aromatic rings. The highest BCUT2D eigenvalue weighted by Crippen LogP contribution is 2.26. The largest absolute Gasteiger partial charge is 0.338 e. The van der Waals surface area contributed by atoms with Gasteiger partial charge in [-0.2, -0.15) is 0 Å². The second kappa shape index (κ2) is 5.35. The number of nitrogens with one attached hydrogen (secondary N) is 1. The van der Waals surface area contributed by atoms with Gasteiger partial charge in [-0.25, -0.2) is 0 Å². The maximum Gasteiger partial charge on any atom is 0.246 e. The van der Waals surface area contributed by atoms with E-state index in [0.29, 0.717) is 16.9 Å². The van der Waals surface area contributed by atoms with Gasteiger partial charge in [0.05, 0.1) is 0 Å². The summed E-state index contributed by atoms with van der Waals surface area (Å²) in [6, 6.07) is 7.48. The van der Waals surface area contributed by atoms with Gasteiger partial charge >= 0.3 is 0 Å². The highest BCUT2D eigenvalue weighted by atomic mass is 35.5. The zero-order valence-electron chi connectivity index (χ0n) is 10.7. The van der Waals surface area contributed by atoms with Crippen molar-refractivity contribution in [3.05, 3.63) is 40.9 Å². The van der Waals surface area contributed by atoms with E-state index in [0.717, 1.165) is 31.7 Å². The Morgan fingerprint density at radius 1 is 1.21 bits per heavy atom. The molecule has 1 amide bonds. The molecule has 19 heavy (non-hydrogen) atoms. The number of nitrogens with zero attached hydrogens (tertiary/aromatic N) is 1. The van der Waals surface area contributed by atoms with E-state index in [1.807, 2.05) is 35.2 Å². The van der Waals surface area contributed by atoms with Gasteiger partial charge in [0.15, 0.2) is 0 Å². The Hall–Kier alpha value is -1.32. The van der Waals surface area contributed by atoms with Crippen LogP contribution in [-0.2, 0) is 4.79 Å². The summed E-state index contributed by atoms with van der Waals surface area (Å²) in [5.74, 6) is 1.41. The number of amides is 1. The van der Waals surface area contributed by atoms with Crippen molar-refractivity contribution in [1.29, 1.82) is 0 Å². The van der Waals surface area contributed by atoms with Gasteiger partial charge < -0.3 is 10.2 Å². The predicted octanol–water partition coefficient (Wildman–Crippen LogP) is 2.03. The quantitative estimate of drug-likeness (QED) is 0.839. The molecule has 2 unspecified atom stereocenters. The fraction of sp³-hybridized carbons (Fsp3) is 0.400. The first-order chi connectivity index (χ1) is 9.22. The number of carbonyl (C=O) groups excluding carboxylic acids is 1. The number of hydrogen-bond donors (Lipinski definition) is 1. The average molecular weight is 277 g/mol. The lowest BCUT2D eigenvalue weighted by Crippen LogP contribution is -2.30. The third kappa shape index (κ3) is 2.82. The van der Waals surface area contributed by atoms with E-state index < -0.39 is 0 Å². The van der Waals surface area contributed by atoms with Crippen LogP contribution >= 0.6 is 11.6 Å². The van der Waals surface area contributed by atoms with Crippen LogP contribution in [0.3, 0.4) is 0 Å². The topological polar surface area (TPSA) is 32.3 Å². The second-order valence-electron chi connectivity index (χ2n) is 5.31. The molecule has 2 saturated heterocycles. The van der Waals surface area contributed by atoms with E-state index in [4.69, 9.17) is 11.6 Å². The van der Waals surface area contributed by atoms with Gasteiger partial charge in [0.25, 0.3) is 0 Å². The zero-order valence-corrected chi connectivity index (χ0v) is 11.4. The first-order valence-electron chi connectivity index (χ1n) is 6.65. The lowest BCUT2D eigenvalue weighted by atomic mass is 10.0. The van der Waals surface area contributed by atoms with Gasteiger partial charge in [-0.3, -0.25) is 4.79 Å². The van der Waals surface area contributed by atoms with Crippen LogP contribution in [0.15, 0.2) is 30.3 Å². The fourth-order valence-corrected chi connectivity index (χ4v) is 3.01. The van der Waals surface area contributed by atoms with Crippen LogP contribution in [0, 0.1) is 11.8 Å². The molecule has 100 valence electrons. The van der Waals surface area contributed by atoms with E-state index in [2.05, 4.69) is 5.32 Å². The number of likely N-dealkylation sites (tertiary alicyclic amines) is 1. The van der Waals surface area contributed by atoms with Crippen molar-refractivity contribution in [2.45, 2.75) is 0 Å². The maximum atomic E-state index is 12.1. The van der Waals surface area contributed by atoms with Crippen molar-refractivity contribution in [3.8, 4) is 0 Å². The highest BCUT2D eigenvalue weighted by molar-refractivity contribution is 6.30. The zero-order chi connectivity index (χ0) is 13.2. The minimum Gasteiger partial charge on any atom is -0.338 e. The summed E-state index contributed by atoms with van der Waals surface area (Å²) < 4.78 is 0. The molecule has 1 N–H and O–H groups in total. The Bertz CT molecular complexity index is 485. The molecule has 2 fully saturated rings. The summed E-state index contributed by atoms with van der Waals surface area (Å²) >= 11 is 5.83. The highest BCUT2D eigenvalue weighted by Gasteiger charge is 2.37. The fourth-order valence-electron chi connectivity index (χ4n) is 2.88. The standard InChI is InChI=1S/C15H17ClN2O/c16-14-4-1-11(2-5-14)3-6-15(19)18-9-12-7-17-8-13(12)10-18/h1-6,12-13,17H,7-10H2. The minimum atomic E-state index is 0.115. The van der Waals surface area contributed by atoms with Crippen molar-refractivity contribution in [2.75, 3.05) is 26.2 Å². The summed E-state index contributed by atoms with van der Waals surface area (Å²) in [4.78, 5) is 14.1. The predicted molar refractivity (Wildman–Crippen MR) is 76.9 cm³/mol. The van der Waals surface area contributed by atoms with E-state index in [1.165, 1.54) is 0 Å². The van der Waals surface area contributed by atoms with Gasteiger partial charge in [-0.05, 0) is 35.6 Å². The van der Waals surface area contributed by atoms with Gasteiger partial charge in [0, 0.05) is 37.3 Å². The molecular weight excluding hydrogens is 260 g/mol. The van der Waals surface area contributed by atoms with Gasteiger partial charge in [0.2, 0.25) is 5.91 Å². The molecule has 0 aliphatic carbocycles. The number of hydrogen-bond acceptors (Lipinski definition) is 2. The smallest absolute Gasteiger partial charge is 0.246 e. The van der Waals surface area contributed by atoms with Crippen molar-refractivity contribution in [1.82, 2.24) is 10.2 Å². The normalized spacial score (nSPS) is 26.1. The van der Waals surface area contributed by atoms with Gasteiger partial charge in [-0.1, -0.05) is 23.7 Å². The monoisotopic (exact) mass is 276 g/mol. The Morgan fingerprint density at radius 2 is 1.84 bits per heavy atom. The van der Waals surface area contributed by atoms with Crippen LogP contribution in [0.25, 0.3) is 6.08 Å². The van der Waals surface area contributed by atoms with E-state index >= 15 is 0 Å². The first kappa shape index (κ1) is 12.7. The van der Waals surface area contributed by atoms with Gasteiger partial charge in [0.1, 0.15) is 0 Å². The molecule has 0 bridgehead atoms. The summed E-state index contributed by atoms with van der Waals surface area (Å²) in [6.07, 6.45) is 3.52. The Kier molecular flexibility index (Phi) is 3.58. The second-order valence-corrected chi connectivity index (χ2v) is 5.74. The molecule has 3 rings (SSSR count).